The fourth-order valence-electron chi connectivity index (χ4n) is 2.28. The van der Waals surface area contributed by atoms with Crippen molar-refractivity contribution < 1.29 is 20.1 Å². The molecule has 0 bridgehead atoms. The molecule has 10 heteroatoms. The molecule has 0 radical (unpaired) electrons. The third-order valence-electron chi connectivity index (χ3n) is 3.26. The van der Waals surface area contributed by atoms with E-state index in [0.717, 1.165) is 0 Å². The Morgan fingerprint density at radius 3 is 2.80 bits per heavy atom. The van der Waals surface area contributed by atoms with E-state index < -0.39 is 36.7 Å². The minimum atomic E-state index is -1.29. The van der Waals surface area contributed by atoms with E-state index >= 15 is 0 Å². The lowest BCUT2D eigenvalue weighted by atomic mass is 10.1. The van der Waals surface area contributed by atoms with E-state index in [1.165, 1.54) is 10.9 Å². The predicted molar refractivity (Wildman–Crippen MR) is 68.5 cm³/mol. The number of nitrogens with zero attached hydrogens (tertiary/aromatic N) is 2. The number of hydrogen-bond acceptors (Lipinski definition) is 7. The number of aromatic nitrogens is 4. The Balaban J connectivity index is 2.12. The van der Waals surface area contributed by atoms with Gasteiger partial charge in [-0.05, 0) is 12.2 Å². The van der Waals surface area contributed by atoms with Gasteiger partial charge in [-0.1, -0.05) is 0 Å². The molecule has 3 rings (SSSR count). The van der Waals surface area contributed by atoms with Crippen molar-refractivity contribution in [2.75, 3.05) is 6.61 Å². The van der Waals surface area contributed by atoms with Gasteiger partial charge in [0.1, 0.15) is 18.3 Å². The van der Waals surface area contributed by atoms with Crippen molar-refractivity contribution in [1.29, 1.82) is 0 Å². The lowest BCUT2D eigenvalue weighted by Gasteiger charge is -2.16. The molecule has 1 fully saturated rings. The van der Waals surface area contributed by atoms with Crippen molar-refractivity contribution in [1.82, 2.24) is 19.5 Å². The van der Waals surface area contributed by atoms with Gasteiger partial charge in [0.15, 0.2) is 22.2 Å². The van der Waals surface area contributed by atoms with Gasteiger partial charge in [0.2, 0.25) is 0 Å². The van der Waals surface area contributed by atoms with Crippen LogP contribution in [0.3, 0.4) is 0 Å². The zero-order chi connectivity index (χ0) is 14.4. The standard InChI is InChI=1S/C10H12N4O5S/c15-1-3-5(16)6(17)9(19-3)14-2-11-7-4(14)8(18)13-10(20)12-7/h2-3,5-6,9,15-17H,1H2,(H2,12,13,18,20)/t3-,5-,6-,9-/m1/s1. The summed E-state index contributed by atoms with van der Waals surface area (Å²) in [6.07, 6.45) is -3.17. The van der Waals surface area contributed by atoms with Crippen molar-refractivity contribution in [2.45, 2.75) is 24.5 Å². The van der Waals surface area contributed by atoms with Crippen LogP contribution in [0.2, 0.25) is 0 Å². The Hall–Kier alpha value is -1.59. The van der Waals surface area contributed by atoms with E-state index in [2.05, 4.69) is 15.0 Å². The van der Waals surface area contributed by atoms with E-state index in [1.54, 1.807) is 0 Å². The fraction of sp³-hybridized carbons (Fsp3) is 0.500. The number of nitrogens with one attached hydrogen (secondary N) is 2. The van der Waals surface area contributed by atoms with Crippen LogP contribution in [0.1, 0.15) is 6.23 Å². The normalized spacial score (nSPS) is 30.1. The van der Waals surface area contributed by atoms with Crippen molar-refractivity contribution >= 4 is 23.4 Å². The zero-order valence-corrected chi connectivity index (χ0v) is 10.9. The molecule has 1 saturated heterocycles. The zero-order valence-electron chi connectivity index (χ0n) is 10.1. The molecular formula is C10H12N4O5S. The molecule has 9 nitrogen and oxygen atoms in total. The van der Waals surface area contributed by atoms with Gasteiger partial charge in [0, 0.05) is 0 Å². The first-order valence-corrected chi connectivity index (χ1v) is 6.25. The molecule has 108 valence electrons. The second kappa shape index (κ2) is 4.75. The average Bonchev–Trinajstić information content (AvgIpc) is 2.93. The predicted octanol–water partition coefficient (Wildman–Crippen LogP) is -1.61. The van der Waals surface area contributed by atoms with Crippen LogP contribution in [-0.2, 0) is 4.74 Å². The summed E-state index contributed by atoms with van der Waals surface area (Å²) in [5.41, 5.74) is -0.107. The molecule has 4 atom stereocenters. The van der Waals surface area contributed by atoms with Crippen LogP contribution in [0.15, 0.2) is 11.1 Å². The van der Waals surface area contributed by atoms with Gasteiger partial charge in [-0.15, -0.1) is 0 Å². The highest BCUT2D eigenvalue weighted by molar-refractivity contribution is 7.71. The van der Waals surface area contributed by atoms with Crippen LogP contribution < -0.4 is 5.56 Å². The van der Waals surface area contributed by atoms with E-state index in [1.807, 2.05) is 0 Å². The number of rotatable bonds is 2. The first-order valence-electron chi connectivity index (χ1n) is 5.84. The third kappa shape index (κ3) is 1.89. The van der Waals surface area contributed by atoms with Gasteiger partial charge in [0.05, 0.1) is 12.9 Å². The highest BCUT2D eigenvalue weighted by Crippen LogP contribution is 2.30. The van der Waals surface area contributed by atoms with E-state index in [9.17, 15) is 15.0 Å². The third-order valence-corrected chi connectivity index (χ3v) is 3.46. The lowest BCUT2D eigenvalue weighted by molar-refractivity contribution is -0.0509. The summed E-state index contributed by atoms with van der Waals surface area (Å²) in [6.45, 7) is -0.444. The quantitative estimate of drug-likeness (QED) is 0.421. The Kier molecular flexibility index (Phi) is 3.18. The summed E-state index contributed by atoms with van der Waals surface area (Å²) in [4.78, 5) is 21.0. The van der Waals surface area contributed by atoms with Gasteiger partial charge in [-0.2, -0.15) is 0 Å². The minimum Gasteiger partial charge on any atom is -0.394 e. The highest BCUT2D eigenvalue weighted by Gasteiger charge is 2.43. The number of aliphatic hydroxyl groups excluding tert-OH is 3. The monoisotopic (exact) mass is 300 g/mol. The maximum absolute atomic E-state index is 11.9. The fourth-order valence-corrected chi connectivity index (χ4v) is 2.47. The number of aromatic amines is 2. The smallest absolute Gasteiger partial charge is 0.278 e. The average molecular weight is 300 g/mol. The van der Waals surface area contributed by atoms with Crippen LogP contribution in [-0.4, -0.2) is 59.8 Å². The lowest BCUT2D eigenvalue weighted by Crippen LogP contribution is -2.33. The summed E-state index contributed by atoms with van der Waals surface area (Å²) in [7, 11) is 0. The number of hydrogen-bond donors (Lipinski definition) is 5. The molecule has 0 aliphatic carbocycles. The number of fused-ring (bicyclic) bond motifs is 1. The largest absolute Gasteiger partial charge is 0.394 e. The molecule has 2 aromatic rings. The Labute approximate surface area is 116 Å². The molecule has 5 N–H and O–H groups in total. The maximum atomic E-state index is 11.9. The van der Waals surface area contributed by atoms with Gasteiger partial charge in [0.25, 0.3) is 5.56 Å². The number of ether oxygens (including phenoxy) is 1. The van der Waals surface area contributed by atoms with Gasteiger partial charge < -0.3 is 25.0 Å². The summed E-state index contributed by atoms with van der Waals surface area (Å²) < 4.78 is 6.78. The van der Waals surface area contributed by atoms with Crippen molar-refractivity contribution in [2.24, 2.45) is 0 Å². The minimum absolute atomic E-state index is 0.133. The number of aliphatic hydroxyl groups is 3. The first kappa shape index (κ1) is 13.4. The van der Waals surface area contributed by atoms with Crippen LogP contribution in [0, 0.1) is 4.77 Å². The number of imidazole rings is 1. The Morgan fingerprint density at radius 2 is 2.15 bits per heavy atom. The number of H-pyrrole nitrogens is 2. The molecule has 0 saturated carbocycles. The van der Waals surface area contributed by atoms with Crippen LogP contribution >= 0.6 is 12.2 Å². The molecule has 20 heavy (non-hydrogen) atoms. The topological polar surface area (TPSA) is 136 Å². The van der Waals surface area contributed by atoms with Crippen molar-refractivity contribution in [3.63, 3.8) is 0 Å². The van der Waals surface area contributed by atoms with Gasteiger partial charge in [-0.3, -0.25) is 14.3 Å². The molecule has 1 aliphatic rings. The van der Waals surface area contributed by atoms with Crippen LogP contribution in [0.25, 0.3) is 11.2 Å². The summed E-state index contributed by atoms with van der Waals surface area (Å²) in [5.74, 6) is 0. The summed E-state index contributed by atoms with van der Waals surface area (Å²) >= 11 is 4.84. The molecule has 3 heterocycles. The Bertz CT molecular complexity index is 752. The second-order valence-electron chi connectivity index (χ2n) is 4.49. The summed E-state index contributed by atoms with van der Waals surface area (Å²) in [6, 6.07) is 0. The van der Waals surface area contributed by atoms with Crippen LogP contribution in [0.5, 0.6) is 0 Å². The van der Waals surface area contributed by atoms with Crippen LogP contribution in [0.4, 0.5) is 0 Å². The van der Waals surface area contributed by atoms with E-state index in [0.29, 0.717) is 0 Å². The van der Waals surface area contributed by atoms with Gasteiger partial charge in [-0.25, -0.2) is 4.98 Å². The maximum Gasteiger partial charge on any atom is 0.278 e. The molecule has 0 spiro atoms. The molecule has 0 unspecified atom stereocenters. The summed E-state index contributed by atoms with van der Waals surface area (Å²) in [5, 5.41) is 28.8. The van der Waals surface area contributed by atoms with Crippen molar-refractivity contribution in [3.8, 4) is 0 Å². The molecule has 0 aromatic carbocycles. The first-order chi connectivity index (χ1) is 9.52. The second-order valence-corrected chi connectivity index (χ2v) is 4.89. The SMILES string of the molecule is O=c1[nH]c(=S)[nH]c2ncn([C@@H]3O[C@H](CO)[C@@H](O)[C@H]3O)c12. The van der Waals surface area contributed by atoms with Gasteiger partial charge >= 0.3 is 0 Å². The molecular weight excluding hydrogens is 288 g/mol. The van der Waals surface area contributed by atoms with E-state index in [4.69, 9.17) is 22.1 Å². The van der Waals surface area contributed by atoms with Crippen molar-refractivity contribution in [3.05, 3.63) is 21.5 Å². The van der Waals surface area contributed by atoms with E-state index in [-0.39, 0.29) is 15.9 Å². The Morgan fingerprint density at radius 1 is 1.40 bits per heavy atom. The molecule has 1 aliphatic heterocycles. The molecule has 2 aromatic heterocycles. The highest BCUT2D eigenvalue weighted by atomic mass is 32.1. The molecule has 0 amide bonds.